The lowest BCUT2D eigenvalue weighted by atomic mass is 9.96. The summed E-state index contributed by atoms with van der Waals surface area (Å²) >= 11 is 0. The van der Waals surface area contributed by atoms with Crippen molar-refractivity contribution in [3.05, 3.63) is 0 Å². The second kappa shape index (κ2) is 6.24. The third-order valence-electron chi connectivity index (χ3n) is 2.95. The van der Waals surface area contributed by atoms with Gasteiger partial charge >= 0.3 is 0 Å². The maximum Gasteiger partial charge on any atom is 0.220 e. The number of hydrogen-bond acceptors (Lipinski definition) is 2. The highest BCUT2D eigenvalue weighted by Gasteiger charge is 2.15. The molecule has 0 aromatic heterocycles. The van der Waals surface area contributed by atoms with Crippen LogP contribution in [0.5, 0.6) is 0 Å². The van der Waals surface area contributed by atoms with Gasteiger partial charge in [-0.05, 0) is 31.2 Å². The Morgan fingerprint density at radius 3 is 2.69 bits per heavy atom. The van der Waals surface area contributed by atoms with E-state index in [1.165, 1.54) is 19.3 Å². The van der Waals surface area contributed by atoms with Gasteiger partial charge in [-0.3, -0.25) is 4.79 Å². The molecule has 16 heavy (non-hydrogen) atoms. The van der Waals surface area contributed by atoms with Crippen LogP contribution in [0.4, 0.5) is 0 Å². The summed E-state index contributed by atoms with van der Waals surface area (Å²) in [5.41, 5.74) is 0.179. The van der Waals surface area contributed by atoms with E-state index >= 15 is 0 Å². The Bertz CT molecular complexity index is 214. The Hall–Kier alpha value is -0.570. The molecule has 1 fully saturated rings. The SMILES string of the molecule is CC(C)(C)CNC(=O)CCC1CCCCN1. The largest absolute Gasteiger partial charge is 0.356 e. The molecule has 1 unspecified atom stereocenters. The fourth-order valence-electron chi connectivity index (χ4n) is 1.93. The highest BCUT2D eigenvalue weighted by molar-refractivity contribution is 5.75. The topological polar surface area (TPSA) is 41.1 Å². The molecule has 3 nitrogen and oxygen atoms in total. The fourth-order valence-corrected chi connectivity index (χ4v) is 1.93. The smallest absolute Gasteiger partial charge is 0.220 e. The van der Waals surface area contributed by atoms with Crippen molar-refractivity contribution in [2.45, 2.75) is 58.9 Å². The van der Waals surface area contributed by atoms with Gasteiger partial charge in [0.25, 0.3) is 0 Å². The molecular weight excluding hydrogens is 200 g/mol. The third kappa shape index (κ3) is 6.11. The maximum atomic E-state index is 11.6. The molecule has 0 radical (unpaired) electrons. The van der Waals surface area contributed by atoms with E-state index in [1.807, 2.05) is 0 Å². The average molecular weight is 226 g/mol. The summed E-state index contributed by atoms with van der Waals surface area (Å²) in [5, 5.41) is 6.46. The highest BCUT2D eigenvalue weighted by atomic mass is 16.1. The Kier molecular flexibility index (Phi) is 5.26. The van der Waals surface area contributed by atoms with Crippen molar-refractivity contribution in [1.29, 1.82) is 0 Å². The summed E-state index contributed by atoms with van der Waals surface area (Å²) in [6.45, 7) is 8.29. The second-order valence-electron chi connectivity index (χ2n) is 6.02. The molecule has 1 rings (SSSR count). The number of amides is 1. The number of piperidine rings is 1. The molecule has 2 N–H and O–H groups in total. The Balaban J connectivity index is 2.09. The first-order chi connectivity index (χ1) is 7.47. The number of rotatable bonds is 4. The number of nitrogens with one attached hydrogen (secondary N) is 2. The van der Waals surface area contributed by atoms with Crippen LogP contribution in [0.25, 0.3) is 0 Å². The van der Waals surface area contributed by atoms with Gasteiger partial charge in [0.05, 0.1) is 0 Å². The molecule has 1 aliphatic heterocycles. The molecule has 0 spiro atoms. The van der Waals surface area contributed by atoms with Gasteiger partial charge in [-0.1, -0.05) is 27.2 Å². The summed E-state index contributed by atoms with van der Waals surface area (Å²) in [6.07, 6.45) is 5.46. The number of carbonyl (C=O) groups is 1. The summed E-state index contributed by atoms with van der Waals surface area (Å²) in [7, 11) is 0. The number of hydrogen-bond donors (Lipinski definition) is 2. The van der Waals surface area contributed by atoms with Crippen molar-refractivity contribution in [2.75, 3.05) is 13.1 Å². The number of carbonyl (C=O) groups excluding carboxylic acids is 1. The molecule has 1 amide bonds. The van der Waals surface area contributed by atoms with E-state index in [0.717, 1.165) is 19.5 Å². The summed E-state index contributed by atoms with van der Waals surface area (Å²) in [4.78, 5) is 11.6. The van der Waals surface area contributed by atoms with Crippen LogP contribution in [0.1, 0.15) is 52.9 Å². The van der Waals surface area contributed by atoms with Crippen molar-refractivity contribution in [2.24, 2.45) is 5.41 Å². The van der Waals surface area contributed by atoms with Gasteiger partial charge in [-0.15, -0.1) is 0 Å². The van der Waals surface area contributed by atoms with Crippen LogP contribution < -0.4 is 10.6 Å². The Labute approximate surface area is 99.4 Å². The lowest BCUT2D eigenvalue weighted by Crippen LogP contribution is -2.36. The van der Waals surface area contributed by atoms with E-state index in [0.29, 0.717) is 12.5 Å². The van der Waals surface area contributed by atoms with Crippen LogP contribution in [0.3, 0.4) is 0 Å². The molecule has 0 saturated carbocycles. The van der Waals surface area contributed by atoms with Gasteiger partial charge in [0.15, 0.2) is 0 Å². The Morgan fingerprint density at radius 1 is 1.38 bits per heavy atom. The minimum absolute atomic E-state index is 0.179. The lowest BCUT2D eigenvalue weighted by Gasteiger charge is -2.23. The molecule has 1 atom stereocenters. The molecule has 1 aliphatic rings. The zero-order valence-corrected chi connectivity index (χ0v) is 10.9. The first-order valence-electron chi connectivity index (χ1n) is 6.47. The van der Waals surface area contributed by atoms with Crippen molar-refractivity contribution in [3.63, 3.8) is 0 Å². The summed E-state index contributed by atoms with van der Waals surface area (Å²) in [5.74, 6) is 0.197. The van der Waals surface area contributed by atoms with E-state index < -0.39 is 0 Å². The zero-order chi connectivity index (χ0) is 12.0. The van der Waals surface area contributed by atoms with E-state index in [2.05, 4.69) is 31.4 Å². The normalized spacial score (nSPS) is 21.8. The van der Waals surface area contributed by atoms with E-state index in [9.17, 15) is 4.79 Å². The van der Waals surface area contributed by atoms with Crippen LogP contribution in [0.2, 0.25) is 0 Å². The van der Waals surface area contributed by atoms with Crippen LogP contribution in [-0.2, 0) is 4.79 Å². The minimum Gasteiger partial charge on any atom is -0.356 e. The maximum absolute atomic E-state index is 11.6. The molecule has 94 valence electrons. The molecule has 0 aliphatic carbocycles. The molecular formula is C13H26N2O. The summed E-state index contributed by atoms with van der Waals surface area (Å²) < 4.78 is 0. The van der Waals surface area contributed by atoms with Crippen molar-refractivity contribution >= 4 is 5.91 Å². The van der Waals surface area contributed by atoms with Gasteiger partial charge in [0, 0.05) is 19.0 Å². The highest BCUT2D eigenvalue weighted by Crippen LogP contribution is 2.13. The lowest BCUT2D eigenvalue weighted by molar-refractivity contribution is -0.121. The molecule has 0 aromatic rings. The van der Waals surface area contributed by atoms with Crippen molar-refractivity contribution in [3.8, 4) is 0 Å². The molecule has 0 bridgehead atoms. The van der Waals surface area contributed by atoms with E-state index in [-0.39, 0.29) is 11.3 Å². The fraction of sp³-hybridized carbons (Fsp3) is 0.923. The molecule has 1 saturated heterocycles. The van der Waals surface area contributed by atoms with E-state index in [4.69, 9.17) is 0 Å². The molecule has 3 heteroatoms. The second-order valence-corrected chi connectivity index (χ2v) is 6.02. The van der Waals surface area contributed by atoms with Crippen LogP contribution in [-0.4, -0.2) is 25.0 Å². The van der Waals surface area contributed by atoms with Crippen molar-refractivity contribution in [1.82, 2.24) is 10.6 Å². The predicted octanol–water partition coefficient (Wildman–Crippen LogP) is 2.07. The Morgan fingerprint density at radius 2 is 2.12 bits per heavy atom. The van der Waals surface area contributed by atoms with Gasteiger partial charge in [0.1, 0.15) is 0 Å². The van der Waals surface area contributed by atoms with Crippen LogP contribution in [0.15, 0.2) is 0 Å². The summed E-state index contributed by atoms with van der Waals surface area (Å²) in [6, 6.07) is 0.564. The first kappa shape index (κ1) is 13.5. The van der Waals surface area contributed by atoms with Gasteiger partial charge < -0.3 is 10.6 Å². The molecule has 1 heterocycles. The van der Waals surface area contributed by atoms with Crippen LogP contribution in [0, 0.1) is 5.41 Å². The average Bonchev–Trinajstić information content (AvgIpc) is 2.24. The van der Waals surface area contributed by atoms with Crippen molar-refractivity contribution < 1.29 is 4.79 Å². The van der Waals surface area contributed by atoms with Gasteiger partial charge in [-0.2, -0.15) is 0 Å². The minimum atomic E-state index is 0.179. The standard InChI is InChI=1S/C13H26N2O/c1-13(2,3)10-15-12(16)8-7-11-6-4-5-9-14-11/h11,14H,4-10H2,1-3H3,(H,15,16). The third-order valence-corrected chi connectivity index (χ3v) is 2.95. The quantitative estimate of drug-likeness (QED) is 0.770. The first-order valence-corrected chi connectivity index (χ1v) is 6.47. The predicted molar refractivity (Wildman–Crippen MR) is 67.3 cm³/mol. The van der Waals surface area contributed by atoms with Gasteiger partial charge in [0.2, 0.25) is 5.91 Å². The monoisotopic (exact) mass is 226 g/mol. The zero-order valence-electron chi connectivity index (χ0n) is 10.9. The molecule has 0 aromatic carbocycles. The van der Waals surface area contributed by atoms with Crippen LogP contribution >= 0.6 is 0 Å². The van der Waals surface area contributed by atoms with Gasteiger partial charge in [-0.25, -0.2) is 0 Å². The van der Waals surface area contributed by atoms with E-state index in [1.54, 1.807) is 0 Å².